The maximum absolute atomic E-state index is 5.49. The van der Waals surface area contributed by atoms with Gasteiger partial charge < -0.3 is 10.1 Å². The van der Waals surface area contributed by atoms with E-state index in [0.29, 0.717) is 0 Å². The summed E-state index contributed by atoms with van der Waals surface area (Å²) in [5.41, 5.74) is 4.11. The van der Waals surface area contributed by atoms with E-state index in [0.717, 1.165) is 38.5 Å². The van der Waals surface area contributed by atoms with Crippen LogP contribution in [0.5, 0.6) is 0 Å². The first-order valence-corrected chi connectivity index (χ1v) is 8.63. The largest absolute Gasteiger partial charge is 0.377 e. The highest BCUT2D eigenvalue weighted by molar-refractivity contribution is 5.37. The topological polar surface area (TPSA) is 39.1 Å². The van der Waals surface area contributed by atoms with E-state index in [-0.39, 0.29) is 5.41 Å². The Morgan fingerprint density at radius 3 is 2.62 bits per heavy atom. The van der Waals surface area contributed by atoms with Crippen LogP contribution in [0.3, 0.4) is 0 Å². The highest BCUT2D eigenvalue weighted by Gasteiger charge is 2.13. The van der Waals surface area contributed by atoms with Crippen molar-refractivity contribution >= 4 is 5.82 Å². The molecule has 3 rings (SSSR count). The van der Waals surface area contributed by atoms with Gasteiger partial charge in [-0.2, -0.15) is 5.10 Å². The Hall–Kier alpha value is -2.07. The van der Waals surface area contributed by atoms with Crippen LogP contribution < -0.4 is 5.32 Å². The Morgan fingerprint density at radius 1 is 1.17 bits per heavy atom. The molecule has 2 aromatic rings. The molecular weight excluding hydrogens is 298 g/mol. The lowest BCUT2D eigenvalue weighted by Crippen LogP contribution is -2.16. The zero-order valence-corrected chi connectivity index (χ0v) is 14.9. The molecule has 0 amide bonds. The minimum Gasteiger partial charge on any atom is -0.377 e. The van der Waals surface area contributed by atoms with Gasteiger partial charge in [0.1, 0.15) is 5.82 Å². The van der Waals surface area contributed by atoms with Gasteiger partial charge in [-0.25, -0.2) is 4.68 Å². The average molecular weight is 325 g/mol. The van der Waals surface area contributed by atoms with Gasteiger partial charge in [-0.3, -0.25) is 0 Å². The molecule has 24 heavy (non-hydrogen) atoms. The third-order valence-electron chi connectivity index (χ3n) is 4.35. The molecule has 0 bridgehead atoms. The molecule has 1 aromatic heterocycles. The number of ether oxygens (including phenoxy) is 1. The lowest BCUT2D eigenvalue weighted by Gasteiger charge is -2.19. The first kappa shape index (κ1) is 16.8. The fourth-order valence-corrected chi connectivity index (χ4v) is 2.83. The molecule has 0 aliphatic carbocycles. The Bertz CT molecular complexity index is 692. The van der Waals surface area contributed by atoms with Crippen molar-refractivity contribution < 1.29 is 4.74 Å². The molecule has 4 nitrogen and oxygen atoms in total. The Morgan fingerprint density at radius 2 is 1.96 bits per heavy atom. The van der Waals surface area contributed by atoms with Crippen molar-refractivity contribution in [2.75, 3.05) is 25.1 Å². The van der Waals surface area contributed by atoms with Crippen molar-refractivity contribution in [1.29, 1.82) is 0 Å². The van der Waals surface area contributed by atoms with Gasteiger partial charge in [0.15, 0.2) is 0 Å². The summed E-state index contributed by atoms with van der Waals surface area (Å²) in [6.45, 7) is 9.87. The summed E-state index contributed by atoms with van der Waals surface area (Å²) in [6, 6.07) is 10.9. The van der Waals surface area contributed by atoms with E-state index in [1.807, 2.05) is 16.9 Å². The number of hydrogen-bond donors (Lipinski definition) is 1. The molecule has 0 radical (unpaired) electrons. The van der Waals surface area contributed by atoms with Crippen molar-refractivity contribution in [2.45, 2.75) is 39.2 Å². The molecule has 128 valence electrons. The third-order valence-corrected chi connectivity index (χ3v) is 4.35. The molecule has 0 saturated heterocycles. The maximum Gasteiger partial charge on any atom is 0.124 e. The van der Waals surface area contributed by atoms with Crippen LogP contribution in [0.1, 0.15) is 38.3 Å². The van der Waals surface area contributed by atoms with E-state index < -0.39 is 0 Å². The van der Waals surface area contributed by atoms with Crippen molar-refractivity contribution in [2.24, 2.45) is 0 Å². The summed E-state index contributed by atoms with van der Waals surface area (Å²) in [5, 5.41) is 7.92. The number of anilines is 1. The summed E-state index contributed by atoms with van der Waals surface area (Å²) in [4.78, 5) is 0. The highest BCUT2D eigenvalue weighted by Crippen LogP contribution is 2.22. The molecular formula is C20H27N3O. The summed E-state index contributed by atoms with van der Waals surface area (Å²) in [5.74, 6) is 1.04. The van der Waals surface area contributed by atoms with Crippen LogP contribution in [-0.4, -0.2) is 29.5 Å². The zero-order valence-electron chi connectivity index (χ0n) is 14.9. The SMILES string of the molecule is CC(C)(C)c1ccc(Cn2nccc2NCC2=CCCOC2)cc1. The second-order valence-electron chi connectivity index (χ2n) is 7.38. The fraction of sp³-hybridized carbons (Fsp3) is 0.450. The number of nitrogens with one attached hydrogen (secondary N) is 1. The van der Waals surface area contributed by atoms with E-state index in [1.54, 1.807) is 0 Å². The van der Waals surface area contributed by atoms with Gasteiger partial charge in [0.25, 0.3) is 0 Å². The molecule has 0 unspecified atom stereocenters. The van der Waals surface area contributed by atoms with Crippen molar-refractivity contribution in [3.63, 3.8) is 0 Å². The predicted molar refractivity (Wildman–Crippen MR) is 98.5 cm³/mol. The molecule has 0 fully saturated rings. The van der Waals surface area contributed by atoms with Crippen LogP contribution in [0.4, 0.5) is 5.82 Å². The van der Waals surface area contributed by atoms with Gasteiger partial charge in [0.2, 0.25) is 0 Å². The molecule has 1 aliphatic rings. The Kier molecular flexibility index (Phi) is 5.05. The van der Waals surface area contributed by atoms with Crippen LogP contribution in [0, 0.1) is 0 Å². The van der Waals surface area contributed by atoms with Gasteiger partial charge >= 0.3 is 0 Å². The standard InChI is InChI=1S/C20H27N3O/c1-20(2,3)18-8-6-16(7-9-18)14-23-19(10-11-22-23)21-13-17-5-4-12-24-15-17/h5-11,21H,4,12-15H2,1-3H3. The van der Waals surface area contributed by atoms with Gasteiger partial charge in [-0.05, 0) is 28.5 Å². The number of benzene rings is 1. The molecule has 0 spiro atoms. The molecule has 2 heterocycles. The molecule has 0 atom stereocenters. The van der Waals surface area contributed by atoms with Gasteiger partial charge in [-0.1, -0.05) is 51.1 Å². The lowest BCUT2D eigenvalue weighted by molar-refractivity contribution is 0.150. The third kappa shape index (κ3) is 4.26. The number of aromatic nitrogens is 2. The van der Waals surface area contributed by atoms with Crippen LogP contribution in [-0.2, 0) is 16.7 Å². The fourth-order valence-electron chi connectivity index (χ4n) is 2.83. The number of hydrogen-bond acceptors (Lipinski definition) is 3. The molecule has 1 aliphatic heterocycles. The normalized spacial score (nSPS) is 15.2. The summed E-state index contributed by atoms with van der Waals surface area (Å²) in [6.07, 6.45) is 5.12. The number of rotatable bonds is 5. The van der Waals surface area contributed by atoms with E-state index in [1.165, 1.54) is 16.7 Å². The van der Waals surface area contributed by atoms with Crippen molar-refractivity contribution in [1.82, 2.24) is 9.78 Å². The summed E-state index contributed by atoms with van der Waals surface area (Å²) < 4.78 is 7.50. The van der Waals surface area contributed by atoms with E-state index in [4.69, 9.17) is 4.74 Å². The van der Waals surface area contributed by atoms with Crippen LogP contribution in [0.25, 0.3) is 0 Å². The Labute approximate surface area is 144 Å². The number of nitrogens with zero attached hydrogens (tertiary/aromatic N) is 2. The minimum atomic E-state index is 0.187. The second kappa shape index (κ2) is 7.22. The minimum absolute atomic E-state index is 0.187. The van der Waals surface area contributed by atoms with Gasteiger partial charge in [0, 0.05) is 12.6 Å². The maximum atomic E-state index is 5.49. The van der Waals surface area contributed by atoms with Crippen LogP contribution >= 0.6 is 0 Å². The smallest absolute Gasteiger partial charge is 0.124 e. The zero-order chi connectivity index (χ0) is 17.0. The first-order valence-electron chi connectivity index (χ1n) is 8.63. The van der Waals surface area contributed by atoms with Crippen molar-refractivity contribution in [3.8, 4) is 0 Å². The molecule has 1 N–H and O–H groups in total. The molecule has 4 heteroatoms. The van der Waals surface area contributed by atoms with E-state index in [9.17, 15) is 0 Å². The Balaban J connectivity index is 1.63. The van der Waals surface area contributed by atoms with Crippen LogP contribution in [0.15, 0.2) is 48.2 Å². The van der Waals surface area contributed by atoms with E-state index in [2.05, 4.69) is 61.5 Å². The van der Waals surface area contributed by atoms with Crippen LogP contribution in [0.2, 0.25) is 0 Å². The lowest BCUT2D eigenvalue weighted by atomic mass is 9.87. The predicted octanol–water partition coefficient (Wildman–Crippen LogP) is 3.99. The quantitative estimate of drug-likeness (QED) is 0.845. The molecule has 1 aromatic carbocycles. The second-order valence-corrected chi connectivity index (χ2v) is 7.38. The van der Waals surface area contributed by atoms with Gasteiger partial charge in [0.05, 0.1) is 26.0 Å². The summed E-state index contributed by atoms with van der Waals surface area (Å²) >= 11 is 0. The molecule has 0 saturated carbocycles. The first-order chi connectivity index (χ1) is 11.5. The average Bonchev–Trinajstić information content (AvgIpc) is 3.01. The van der Waals surface area contributed by atoms with E-state index >= 15 is 0 Å². The van der Waals surface area contributed by atoms with Crippen molar-refractivity contribution in [3.05, 3.63) is 59.3 Å². The summed E-state index contributed by atoms with van der Waals surface area (Å²) in [7, 11) is 0. The van der Waals surface area contributed by atoms with Gasteiger partial charge in [-0.15, -0.1) is 0 Å². The monoisotopic (exact) mass is 325 g/mol. The highest BCUT2D eigenvalue weighted by atomic mass is 16.5.